The summed E-state index contributed by atoms with van der Waals surface area (Å²) in [5, 5.41) is 5.77. The topological polar surface area (TPSA) is 66.9 Å². The summed E-state index contributed by atoms with van der Waals surface area (Å²) in [6, 6.07) is -0.486. The Hall–Kier alpha value is -2.01. The molecular weight excluding hydrogens is 216 g/mol. The van der Waals surface area contributed by atoms with Crippen molar-refractivity contribution in [3.63, 3.8) is 0 Å². The Kier molecular flexibility index (Phi) is 2.26. The number of hydrogen-bond donors (Lipinski definition) is 2. The van der Waals surface area contributed by atoms with Gasteiger partial charge >= 0.3 is 0 Å². The number of rotatable bonds is 1. The number of amides is 1. The summed E-state index contributed by atoms with van der Waals surface area (Å²) in [5.41, 5.74) is 2.69. The maximum atomic E-state index is 11.8. The minimum Gasteiger partial charge on any atom is -0.327 e. The first-order valence-corrected chi connectivity index (χ1v) is 5.48. The van der Waals surface area contributed by atoms with Crippen molar-refractivity contribution in [3.05, 3.63) is 41.6 Å². The average molecular weight is 228 g/mol. The molecule has 0 bridgehead atoms. The Bertz CT molecular complexity index is 535. The maximum Gasteiger partial charge on any atom is 0.249 e. The van der Waals surface area contributed by atoms with Crippen molar-refractivity contribution in [2.45, 2.75) is 12.5 Å². The Morgan fingerprint density at radius 1 is 1.47 bits per heavy atom. The van der Waals surface area contributed by atoms with E-state index in [2.05, 4.69) is 27.2 Å². The minimum absolute atomic E-state index is 0.150. The van der Waals surface area contributed by atoms with Crippen LogP contribution in [0.4, 0.5) is 0 Å². The summed E-state index contributed by atoms with van der Waals surface area (Å²) in [7, 11) is 0. The van der Waals surface area contributed by atoms with Gasteiger partial charge in [0, 0.05) is 18.4 Å². The molecule has 1 aliphatic carbocycles. The molecular formula is C12H12N4O. The fourth-order valence-electron chi connectivity index (χ4n) is 1.99. The zero-order chi connectivity index (χ0) is 11.8. The van der Waals surface area contributed by atoms with Crippen LogP contribution in [0.1, 0.15) is 23.1 Å². The molecule has 0 radical (unpaired) electrons. The van der Waals surface area contributed by atoms with E-state index in [0.29, 0.717) is 18.1 Å². The predicted octanol–water partition coefficient (Wildman–Crippen LogP) is 0.320. The summed E-state index contributed by atoms with van der Waals surface area (Å²) < 4.78 is 0. The van der Waals surface area contributed by atoms with Gasteiger partial charge in [-0.2, -0.15) is 0 Å². The van der Waals surface area contributed by atoms with E-state index >= 15 is 0 Å². The molecule has 1 atom stereocenters. The molecule has 2 heterocycles. The van der Waals surface area contributed by atoms with Crippen LogP contribution in [0.3, 0.4) is 0 Å². The van der Waals surface area contributed by atoms with Crippen LogP contribution in [-0.4, -0.2) is 22.4 Å². The zero-order valence-corrected chi connectivity index (χ0v) is 9.23. The van der Waals surface area contributed by atoms with Gasteiger partial charge in [-0.15, -0.1) is 0 Å². The molecule has 17 heavy (non-hydrogen) atoms. The van der Waals surface area contributed by atoms with Gasteiger partial charge in [0.15, 0.2) is 5.82 Å². The van der Waals surface area contributed by atoms with Gasteiger partial charge in [0.1, 0.15) is 6.04 Å². The van der Waals surface area contributed by atoms with Crippen LogP contribution < -0.4 is 10.6 Å². The molecule has 0 spiro atoms. The molecule has 1 saturated heterocycles. The van der Waals surface area contributed by atoms with E-state index in [0.717, 1.165) is 17.7 Å². The van der Waals surface area contributed by atoms with Crippen molar-refractivity contribution >= 4 is 12.0 Å². The lowest BCUT2D eigenvalue weighted by Gasteiger charge is -2.24. The van der Waals surface area contributed by atoms with Crippen molar-refractivity contribution in [1.82, 2.24) is 20.6 Å². The van der Waals surface area contributed by atoms with Gasteiger partial charge in [-0.25, -0.2) is 9.97 Å². The molecule has 86 valence electrons. The van der Waals surface area contributed by atoms with Crippen LogP contribution in [0.2, 0.25) is 0 Å². The molecule has 3 rings (SSSR count). The Labute approximate surface area is 98.7 Å². The molecule has 2 aliphatic rings. The number of allylic oxidation sites excluding steroid dienone is 1. The second-order valence-electron chi connectivity index (χ2n) is 4.15. The highest BCUT2D eigenvalue weighted by Crippen LogP contribution is 2.19. The van der Waals surface area contributed by atoms with E-state index in [1.54, 1.807) is 6.20 Å². The van der Waals surface area contributed by atoms with Crippen LogP contribution in [-0.2, 0) is 11.2 Å². The number of nitrogens with one attached hydrogen (secondary N) is 2. The minimum atomic E-state index is -0.486. The van der Waals surface area contributed by atoms with Gasteiger partial charge in [-0.05, 0) is 18.1 Å². The van der Waals surface area contributed by atoms with E-state index in [-0.39, 0.29) is 5.91 Å². The summed E-state index contributed by atoms with van der Waals surface area (Å²) in [6.45, 7) is 4.25. The van der Waals surface area contributed by atoms with Crippen molar-refractivity contribution < 1.29 is 4.79 Å². The first-order valence-electron chi connectivity index (χ1n) is 5.48. The van der Waals surface area contributed by atoms with Crippen molar-refractivity contribution in [3.8, 4) is 0 Å². The number of hydrogen-bond acceptors (Lipinski definition) is 4. The first kappa shape index (κ1) is 10.2. The Morgan fingerprint density at radius 3 is 3.18 bits per heavy atom. The molecule has 1 unspecified atom stereocenters. The fraction of sp³-hybridized carbons (Fsp3) is 0.250. The van der Waals surface area contributed by atoms with Gasteiger partial charge < -0.3 is 5.32 Å². The lowest BCUT2D eigenvalue weighted by Crippen LogP contribution is -2.46. The molecule has 1 fully saturated rings. The second kappa shape index (κ2) is 3.78. The standard InChI is InChI=1S/C12H12N4O/c1-7-5-13-10(12(17)15-7)11-14-6-8-3-2-4-9(8)16-11/h2,4,6,10,13H,1,3,5H2,(H,15,17). The number of carbonyl (C=O) groups excluding carboxylic acids is 1. The third-order valence-electron chi connectivity index (χ3n) is 2.87. The maximum absolute atomic E-state index is 11.8. The van der Waals surface area contributed by atoms with Crippen molar-refractivity contribution in [2.75, 3.05) is 6.54 Å². The lowest BCUT2D eigenvalue weighted by atomic mass is 10.1. The SMILES string of the molecule is C=C1CNC(c2ncc3c(n2)C=CC3)C(=O)N1. The summed E-state index contributed by atoms with van der Waals surface area (Å²) in [5.74, 6) is 0.364. The van der Waals surface area contributed by atoms with Crippen LogP contribution in [0, 0.1) is 0 Å². The summed E-state index contributed by atoms with van der Waals surface area (Å²) >= 11 is 0. The van der Waals surface area contributed by atoms with Crippen LogP contribution in [0.5, 0.6) is 0 Å². The van der Waals surface area contributed by atoms with Gasteiger partial charge in [-0.1, -0.05) is 12.7 Å². The molecule has 2 N–H and O–H groups in total. The normalized spacial score (nSPS) is 22.5. The number of carbonyl (C=O) groups is 1. The van der Waals surface area contributed by atoms with E-state index in [4.69, 9.17) is 0 Å². The number of aromatic nitrogens is 2. The highest BCUT2D eigenvalue weighted by molar-refractivity contribution is 5.85. The van der Waals surface area contributed by atoms with Crippen LogP contribution >= 0.6 is 0 Å². The van der Waals surface area contributed by atoms with Gasteiger partial charge in [0.2, 0.25) is 5.91 Å². The summed E-state index contributed by atoms with van der Waals surface area (Å²) in [6.07, 6.45) is 6.66. The number of fused-ring (bicyclic) bond motifs is 1. The van der Waals surface area contributed by atoms with Crippen LogP contribution in [0.25, 0.3) is 6.08 Å². The van der Waals surface area contributed by atoms with Gasteiger partial charge in [0.25, 0.3) is 0 Å². The molecule has 5 heteroatoms. The largest absolute Gasteiger partial charge is 0.327 e. The first-order chi connectivity index (χ1) is 8.24. The smallest absolute Gasteiger partial charge is 0.249 e. The highest BCUT2D eigenvalue weighted by atomic mass is 16.2. The molecule has 1 amide bonds. The number of nitrogens with zero attached hydrogens (tertiary/aromatic N) is 2. The zero-order valence-electron chi connectivity index (χ0n) is 9.23. The monoisotopic (exact) mass is 228 g/mol. The molecule has 5 nitrogen and oxygen atoms in total. The predicted molar refractivity (Wildman–Crippen MR) is 62.8 cm³/mol. The van der Waals surface area contributed by atoms with E-state index in [1.807, 2.05) is 12.2 Å². The summed E-state index contributed by atoms with van der Waals surface area (Å²) in [4.78, 5) is 20.4. The Morgan fingerprint density at radius 2 is 2.35 bits per heavy atom. The van der Waals surface area contributed by atoms with E-state index in [1.165, 1.54) is 0 Å². The third kappa shape index (κ3) is 1.74. The second-order valence-corrected chi connectivity index (χ2v) is 4.15. The Balaban J connectivity index is 1.91. The van der Waals surface area contributed by atoms with Crippen molar-refractivity contribution in [1.29, 1.82) is 0 Å². The lowest BCUT2D eigenvalue weighted by molar-refractivity contribution is -0.123. The molecule has 1 aromatic rings. The fourth-order valence-corrected chi connectivity index (χ4v) is 1.99. The average Bonchev–Trinajstić information content (AvgIpc) is 2.75. The van der Waals surface area contributed by atoms with E-state index < -0.39 is 6.04 Å². The van der Waals surface area contributed by atoms with Crippen molar-refractivity contribution in [2.24, 2.45) is 0 Å². The number of piperazine rings is 1. The molecule has 1 aromatic heterocycles. The quantitative estimate of drug-likeness (QED) is 0.726. The third-order valence-corrected chi connectivity index (χ3v) is 2.87. The molecule has 0 saturated carbocycles. The van der Waals surface area contributed by atoms with Crippen LogP contribution in [0.15, 0.2) is 24.5 Å². The molecule has 1 aliphatic heterocycles. The highest BCUT2D eigenvalue weighted by Gasteiger charge is 2.28. The van der Waals surface area contributed by atoms with E-state index in [9.17, 15) is 4.79 Å². The van der Waals surface area contributed by atoms with Gasteiger partial charge in [0.05, 0.1) is 5.69 Å². The molecule has 0 aromatic carbocycles. The van der Waals surface area contributed by atoms with Gasteiger partial charge in [-0.3, -0.25) is 10.1 Å².